The van der Waals surface area contributed by atoms with Crippen LogP contribution >= 0.6 is 0 Å². The van der Waals surface area contributed by atoms with E-state index < -0.39 is 0 Å². The third-order valence-corrected chi connectivity index (χ3v) is 0. The summed E-state index contributed by atoms with van der Waals surface area (Å²) in [5.74, 6) is 0. The molecule has 0 atom stereocenters. The molecule has 0 aromatic rings. The average molecular weight is 1260 g/mol. The maximum Gasteiger partial charge on any atom is 0 e. The fourth-order valence-electron chi connectivity index (χ4n) is 0. The summed E-state index contributed by atoms with van der Waals surface area (Å²) < 4.78 is 0. The fraction of sp³-hybridized carbons (Fsp3) is 0. The first-order valence-corrected chi connectivity index (χ1v) is 17.5. The molecule has 0 amide bonds. The van der Waals surface area contributed by atoms with Crippen LogP contribution in [0.25, 0.3) is 0 Å². The predicted molar refractivity (Wildman–Crippen MR) is 149 cm³/mol. The molecule has 0 fully saturated rings. The molecule has 30 nitrogen and oxygen atoms in total. The predicted octanol–water partition coefficient (Wildman–Crippen LogP) is 2.87. The quantitative estimate of drug-likeness (QED) is 0.248. The second-order valence-corrected chi connectivity index (χ2v) is 7.84. The Labute approximate surface area is 480 Å². The van der Waals surface area contributed by atoms with Crippen LogP contribution in [0.1, 0.15) is 0 Å². The minimum atomic E-state index is 0. The van der Waals surface area contributed by atoms with E-state index in [1.165, 1.54) is 0 Å². The van der Waals surface area contributed by atoms with E-state index in [2.05, 4.69) is 53.4 Å². The van der Waals surface area contributed by atoms with Crippen molar-refractivity contribution in [2.24, 2.45) is 0 Å². The molecular weight excluding hydrogens is 1260 g/mol. The van der Waals surface area contributed by atoms with Gasteiger partial charge in [0.25, 0.3) is 0 Å². The molecule has 0 aliphatic rings. The Morgan fingerprint density at radius 1 is 0.130 bits per heavy atom. The van der Waals surface area contributed by atoms with Gasteiger partial charge >= 0.3 is 93.2 Å². The van der Waals surface area contributed by atoms with Crippen molar-refractivity contribution in [1.82, 2.24) is 0 Å². The summed E-state index contributed by atoms with van der Waals surface area (Å²) in [5.41, 5.74) is 0. The number of hydrogen-bond acceptors (Lipinski definition) is 30. The van der Waals surface area contributed by atoms with Crippen LogP contribution in [0.15, 0.2) is 0 Å². The van der Waals surface area contributed by atoms with Crippen molar-refractivity contribution in [3.8, 4) is 0 Å². The minimum Gasteiger partial charge on any atom is 0 e. The molecule has 0 heterocycles. The molecule has 0 aromatic heterocycles. The van der Waals surface area contributed by atoms with E-state index in [1.54, 1.807) is 0 Å². The summed E-state index contributed by atoms with van der Waals surface area (Å²) in [7, 11) is 0. The average Bonchev–Trinajstić information content (AvgIpc) is 3.54. The van der Waals surface area contributed by atoms with Crippen LogP contribution in [0.5, 0.6) is 0 Å². The van der Waals surface area contributed by atoms with Gasteiger partial charge in [0.15, 0.2) is 0 Å². The van der Waals surface area contributed by atoms with E-state index in [9.17, 15) is 0 Å². The Hall–Kier alpha value is -10.4. The molecule has 0 unspecified atom stereocenters. The van der Waals surface area contributed by atoms with Crippen LogP contribution in [0.4, 0.5) is 0 Å². The molecule has 356 valence electrons. The smallest absolute Gasteiger partial charge is 0 e. The molecule has 0 aliphatic heterocycles. The van der Waals surface area contributed by atoms with Crippen molar-refractivity contribution < 1.29 is 130 Å². The van der Waals surface area contributed by atoms with Crippen molar-refractivity contribution in [1.29, 1.82) is 158 Å². The maximum absolute atomic E-state index is 6.25. The number of rotatable bonds is 0. The summed E-state index contributed by atoms with van der Waals surface area (Å²) in [6, 6.07) is 0. The second-order valence-electron chi connectivity index (χ2n) is 0.112. The van der Waals surface area contributed by atoms with Gasteiger partial charge in [-0.05, 0) is 0 Å². The Kier molecular flexibility index (Phi) is 13400. The van der Waals surface area contributed by atoms with E-state index in [0.717, 1.165) is 0 Å². The summed E-state index contributed by atoms with van der Waals surface area (Å²) in [4.78, 5) is 0. The van der Waals surface area contributed by atoms with E-state index >= 15 is 0 Å². The fourth-order valence-corrected chi connectivity index (χ4v) is 0. The normalized spacial score (nSPS) is 1.16. The Morgan fingerprint density at radius 3 is 0.130 bits per heavy atom. The topological polar surface area (TPSA) is 714 Å². The van der Waals surface area contributed by atoms with E-state index in [4.69, 9.17) is 355 Å². The Bertz CT molecular complexity index is 852. The first kappa shape index (κ1) is 349. The van der Waals surface area contributed by atoms with E-state index in [-0.39, 0.29) is 76.9 Å². The molecule has 2 radical (unpaired) electrons. The van der Waals surface area contributed by atoms with Gasteiger partial charge in [0.2, 0.25) is 0 Å². The van der Waals surface area contributed by atoms with Crippen LogP contribution in [0.2, 0.25) is 0 Å². The molecule has 39 heteroatoms. The summed E-state index contributed by atoms with van der Waals surface area (Å²) >= 11 is 14.2. The van der Waals surface area contributed by atoms with Gasteiger partial charge in [-0.25, -0.2) is 0 Å². The third-order valence-electron chi connectivity index (χ3n) is 0. The van der Waals surface area contributed by atoms with Gasteiger partial charge in [-0.1, -0.05) is 0 Å². The zero-order chi connectivity index (χ0) is 65.4. The first-order valence-electron chi connectivity index (χ1n) is 7.34. The third kappa shape index (κ3) is 1660. The molecule has 0 saturated carbocycles. The standard InChI is InChI=1S/30CN.5Fe.4V/c30*1-2;;;;;;;;;/q30*-1;;;;;+4;;;;. The van der Waals surface area contributed by atoms with Gasteiger partial charge in [-0.2, -0.15) is 0 Å². The van der Waals surface area contributed by atoms with Crippen molar-refractivity contribution in [3.05, 3.63) is 197 Å². The molecule has 0 aliphatic carbocycles. The van der Waals surface area contributed by atoms with Gasteiger partial charge < -0.3 is 355 Å². The second kappa shape index (κ2) is 2640. The molecule has 0 rings (SSSR count). The Morgan fingerprint density at radius 2 is 0.130 bits per heavy atom. The van der Waals surface area contributed by atoms with Crippen molar-refractivity contribution in [2.45, 2.75) is 0 Å². The van der Waals surface area contributed by atoms with Crippen LogP contribution in [0.3, 0.4) is 0 Å². The Balaban J connectivity index is -0.00000000524. The zero-order valence-corrected chi connectivity index (χ0v) is 43.1. The van der Waals surface area contributed by atoms with Gasteiger partial charge in [0.1, 0.15) is 0 Å². The summed E-state index contributed by atoms with van der Waals surface area (Å²) in [5, 5.41) is 188. The molecule has 0 spiro atoms. The monoisotopic (exact) mass is 1260 g/mol. The minimum absolute atomic E-state index is 0. The maximum atomic E-state index is 6.25. The molecule has 0 saturated heterocycles. The van der Waals surface area contributed by atoms with Gasteiger partial charge in [0, 0.05) is 37.1 Å². The van der Waals surface area contributed by atoms with Crippen LogP contribution in [0, 0.1) is 355 Å². The van der Waals surface area contributed by atoms with Crippen molar-refractivity contribution >= 4 is 0 Å². The summed E-state index contributed by atoms with van der Waals surface area (Å²) in [6.45, 7) is 142. The van der Waals surface area contributed by atoms with E-state index in [1.807, 2.05) is 0 Å². The molecule has 69 heavy (non-hydrogen) atoms. The van der Waals surface area contributed by atoms with E-state index in [0.29, 0.717) is 0 Å². The number of hydrogen-bond donors (Lipinski definition) is 0. The van der Waals surface area contributed by atoms with Gasteiger partial charge in [-0.3, -0.25) is 0 Å². The first-order chi connectivity index (χ1) is 32.8. The molecule has 0 N–H and O–H groups in total. The van der Waals surface area contributed by atoms with Crippen LogP contribution < -0.4 is 0 Å². The van der Waals surface area contributed by atoms with Crippen LogP contribution in [-0.2, 0) is 130 Å². The SMILES string of the molecule is [C-]#N.[C-]#N.[C-]#N.[C-]#N.[C-]#N.[C-]#N.[C-]#N.[C-]#N.[C-]#N.[C-]#N.[C-]#N.[C-]#N.[C-]#N.[C-]#N.[C-]#N.[C-]#N.[C-]#N.[C-]#N.[C-]#N.[C-]#N.[C-]#N.[C-]#N.[C-]#N.[C-]#N.[C-]#N.[C-]#N.[C-]#N.[C-]#N.[C-]#N.[C-]#N.[Fe+4].[Fe]=[V]=[Fe].[Fe]=[V]=[Fe].[V].[V]. The largest absolute Gasteiger partial charge is 0 e. The molecular formula is C30Fe5N30V4-26. The molecule has 0 aromatic carbocycles. The number of nitrogens with zero attached hydrogens (tertiary/aromatic N) is 30. The van der Waals surface area contributed by atoms with Crippen LogP contribution in [-0.4, -0.2) is 0 Å². The van der Waals surface area contributed by atoms with Gasteiger partial charge in [-0.15, -0.1) is 0 Å². The zero-order valence-electron chi connectivity index (χ0n) is 32.0. The molecule has 0 bridgehead atoms. The van der Waals surface area contributed by atoms with Crippen molar-refractivity contribution in [3.63, 3.8) is 0 Å². The van der Waals surface area contributed by atoms with Gasteiger partial charge in [0.05, 0.1) is 0 Å². The van der Waals surface area contributed by atoms with Crippen molar-refractivity contribution in [2.75, 3.05) is 0 Å². The summed E-state index contributed by atoms with van der Waals surface area (Å²) in [6.07, 6.45) is 0.